The third kappa shape index (κ3) is 1.52. The van der Waals surface area contributed by atoms with Crippen molar-refractivity contribution in [3.63, 3.8) is 0 Å². The van der Waals surface area contributed by atoms with Gasteiger partial charge in [0.2, 0.25) is 0 Å². The molecule has 13 heavy (non-hydrogen) atoms. The van der Waals surface area contributed by atoms with Gasteiger partial charge in [-0.3, -0.25) is 9.09 Å². The maximum atomic E-state index is 10.9. The van der Waals surface area contributed by atoms with Gasteiger partial charge in [-0.25, -0.2) is 9.78 Å². The summed E-state index contributed by atoms with van der Waals surface area (Å²) in [5.74, 6) is 0.154. The summed E-state index contributed by atoms with van der Waals surface area (Å²) < 4.78 is 5.85. The van der Waals surface area contributed by atoms with Crippen LogP contribution in [0.15, 0.2) is 20.2 Å². The van der Waals surface area contributed by atoms with Gasteiger partial charge in [-0.2, -0.15) is 0 Å². The van der Waals surface area contributed by atoms with Crippen molar-refractivity contribution in [1.29, 1.82) is 0 Å². The zero-order valence-electron chi connectivity index (χ0n) is 6.93. The van der Waals surface area contributed by atoms with Crippen LogP contribution in [0.5, 0.6) is 0 Å². The molecule has 2 aromatic heterocycles. The summed E-state index contributed by atoms with van der Waals surface area (Å²) in [6, 6.07) is 0. The molecule has 0 saturated carbocycles. The van der Waals surface area contributed by atoms with E-state index in [1.807, 2.05) is 5.38 Å². The van der Waals surface area contributed by atoms with Gasteiger partial charge in [0.05, 0.1) is 17.6 Å². The van der Waals surface area contributed by atoms with Crippen molar-refractivity contribution in [3.8, 4) is 0 Å². The van der Waals surface area contributed by atoms with Gasteiger partial charge in [0.25, 0.3) is 0 Å². The van der Waals surface area contributed by atoms with Gasteiger partial charge in [0.15, 0.2) is 5.82 Å². The van der Waals surface area contributed by atoms with Crippen LogP contribution >= 0.6 is 11.3 Å². The normalized spacial score (nSPS) is 10.5. The number of thiazole rings is 1. The van der Waals surface area contributed by atoms with E-state index in [2.05, 4.69) is 14.7 Å². The highest BCUT2D eigenvalue weighted by atomic mass is 32.1. The minimum atomic E-state index is -0.440. The third-order valence-corrected chi connectivity index (χ3v) is 2.35. The van der Waals surface area contributed by atoms with Crippen LogP contribution in [0.25, 0.3) is 0 Å². The Kier molecular flexibility index (Phi) is 1.97. The first-order valence-corrected chi connectivity index (χ1v) is 4.60. The van der Waals surface area contributed by atoms with Crippen molar-refractivity contribution in [2.45, 2.75) is 6.42 Å². The molecule has 6 heteroatoms. The van der Waals surface area contributed by atoms with Crippen LogP contribution in [-0.2, 0) is 13.5 Å². The standard InChI is InChI=1S/C7H7N3O2S/c1-10-6(9-12-7(10)11)2-5-3-13-4-8-5/h3-4H,2H2,1H3. The van der Waals surface area contributed by atoms with Crippen LogP contribution in [0.2, 0.25) is 0 Å². The highest BCUT2D eigenvalue weighted by molar-refractivity contribution is 7.07. The molecule has 2 heterocycles. The molecule has 0 atom stereocenters. The van der Waals surface area contributed by atoms with E-state index in [0.29, 0.717) is 12.2 Å². The fourth-order valence-electron chi connectivity index (χ4n) is 0.957. The minimum Gasteiger partial charge on any atom is -0.296 e. The molecule has 0 bridgehead atoms. The van der Waals surface area contributed by atoms with Gasteiger partial charge in [0.1, 0.15) is 0 Å². The van der Waals surface area contributed by atoms with E-state index in [1.165, 1.54) is 15.9 Å². The molecule has 2 rings (SSSR count). The highest BCUT2D eigenvalue weighted by Crippen LogP contribution is 2.05. The van der Waals surface area contributed by atoms with E-state index < -0.39 is 5.76 Å². The van der Waals surface area contributed by atoms with Crippen LogP contribution < -0.4 is 5.76 Å². The quantitative estimate of drug-likeness (QED) is 0.700. The Bertz CT molecular complexity index is 443. The van der Waals surface area contributed by atoms with E-state index in [1.54, 1.807) is 12.6 Å². The molecule has 0 aliphatic carbocycles. The lowest BCUT2D eigenvalue weighted by Gasteiger charge is -1.92. The molecule has 0 aromatic carbocycles. The van der Waals surface area contributed by atoms with Crippen LogP contribution in [0.1, 0.15) is 11.5 Å². The monoisotopic (exact) mass is 197 g/mol. The van der Waals surface area contributed by atoms with Crippen molar-refractivity contribution in [2.75, 3.05) is 0 Å². The zero-order chi connectivity index (χ0) is 9.26. The Hall–Kier alpha value is -1.43. The van der Waals surface area contributed by atoms with Crippen molar-refractivity contribution >= 4 is 11.3 Å². The predicted molar refractivity (Wildman–Crippen MR) is 46.7 cm³/mol. The topological polar surface area (TPSA) is 60.9 Å². The van der Waals surface area contributed by atoms with Crippen molar-refractivity contribution in [3.05, 3.63) is 33.0 Å². The average molecular weight is 197 g/mol. The molecule has 0 radical (unpaired) electrons. The maximum absolute atomic E-state index is 10.9. The molecule has 0 amide bonds. The maximum Gasteiger partial charge on any atom is 0.441 e. The fraction of sp³-hybridized carbons (Fsp3) is 0.286. The van der Waals surface area contributed by atoms with E-state index in [0.717, 1.165) is 5.69 Å². The molecule has 0 spiro atoms. The molecular weight excluding hydrogens is 190 g/mol. The molecule has 0 fully saturated rings. The lowest BCUT2D eigenvalue weighted by Crippen LogP contribution is -2.12. The molecule has 0 aliphatic heterocycles. The minimum absolute atomic E-state index is 0.440. The third-order valence-electron chi connectivity index (χ3n) is 1.71. The first-order valence-electron chi connectivity index (χ1n) is 3.66. The number of rotatable bonds is 2. The highest BCUT2D eigenvalue weighted by Gasteiger charge is 2.07. The molecule has 0 N–H and O–H groups in total. The second kappa shape index (κ2) is 3.14. The van der Waals surface area contributed by atoms with Gasteiger partial charge in [-0.1, -0.05) is 5.16 Å². The Morgan fingerprint density at radius 1 is 1.69 bits per heavy atom. The predicted octanol–water partition coefficient (Wildman–Crippen LogP) is 0.421. The van der Waals surface area contributed by atoms with E-state index in [9.17, 15) is 4.79 Å². The van der Waals surface area contributed by atoms with Gasteiger partial charge in [-0.05, 0) is 0 Å². The average Bonchev–Trinajstić information content (AvgIpc) is 2.71. The number of hydrogen-bond acceptors (Lipinski definition) is 5. The first-order chi connectivity index (χ1) is 6.27. The molecule has 5 nitrogen and oxygen atoms in total. The number of hydrogen-bond donors (Lipinski definition) is 0. The molecular formula is C7H7N3O2S. The lowest BCUT2D eigenvalue weighted by atomic mass is 10.3. The van der Waals surface area contributed by atoms with E-state index >= 15 is 0 Å². The number of aromatic nitrogens is 3. The lowest BCUT2D eigenvalue weighted by molar-refractivity contribution is 0.376. The van der Waals surface area contributed by atoms with Crippen LogP contribution in [0, 0.1) is 0 Å². The Morgan fingerprint density at radius 2 is 2.54 bits per heavy atom. The zero-order valence-corrected chi connectivity index (χ0v) is 7.74. The van der Waals surface area contributed by atoms with Gasteiger partial charge in [-0.15, -0.1) is 11.3 Å². The summed E-state index contributed by atoms with van der Waals surface area (Å²) in [6.45, 7) is 0. The van der Waals surface area contributed by atoms with Crippen LogP contribution in [-0.4, -0.2) is 14.7 Å². The van der Waals surface area contributed by atoms with Crippen molar-refractivity contribution < 1.29 is 4.52 Å². The van der Waals surface area contributed by atoms with E-state index in [-0.39, 0.29) is 0 Å². The van der Waals surface area contributed by atoms with Gasteiger partial charge >= 0.3 is 5.76 Å². The Labute approximate surface area is 77.6 Å². The summed E-state index contributed by atoms with van der Waals surface area (Å²) >= 11 is 1.51. The molecule has 0 saturated heterocycles. The van der Waals surface area contributed by atoms with Gasteiger partial charge < -0.3 is 0 Å². The first kappa shape index (κ1) is 8.18. The molecule has 0 unspecified atom stereocenters. The molecule has 2 aromatic rings. The fourth-order valence-corrected chi connectivity index (χ4v) is 1.52. The summed E-state index contributed by atoms with van der Waals surface area (Å²) in [6.07, 6.45) is 0.533. The summed E-state index contributed by atoms with van der Waals surface area (Å²) in [5.41, 5.74) is 2.64. The summed E-state index contributed by atoms with van der Waals surface area (Å²) in [5, 5.41) is 5.55. The Balaban J connectivity index is 2.29. The van der Waals surface area contributed by atoms with Crippen molar-refractivity contribution in [1.82, 2.24) is 14.7 Å². The second-order valence-electron chi connectivity index (χ2n) is 2.58. The van der Waals surface area contributed by atoms with Crippen LogP contribution in [0.3, 0.4) is 0 Å². The molecule has 0 aliphatic rings. The Morgan fingerprint density at radius 3 is 3.08 bits per heavy atom. The number of nitrogens with zero attached hydrogens (tertiary/aromatic N) is 3. The van der Waals surface area contributed by atoms with Crippen LogP contribution in [0.4, 0.5) is 0 Å². The largest absolute Gasteiger partial charge is 0.441 e. The van der Waals surface area contributed by atoms with E-state index in [4.69, 9.17) is 0 Å². The summed E-state index contributed by atoms with van der Waals surface area (Å²) in [7, 11) is 1.63. The summed E-state index contributed by atoms with van der Waals surface area (Å²) in [4.78, 5) is 15.0. The molecule has 68 valence electrons. The van der Waals surface area contributed by atoms with Crippen molar-refractivity contribution in [2.24, 2.45) is 7.05 Å². The van der Waals surface area contributed by atoms with Gasteiger partial charge in [0, 0.05) is 12.4 Å². The SMILES string of the molecule is Cn1c(Cc2cscn2)noc1=O. The second-order valence-corrected chi connectivity index (χ2v) is 3.30. The smallest absolute Gasteiger partial charge is 0.296 e.